The Kier molecular flexibility index (Phi) is 3.96. The number of hydrogen-bond acceptors (Lipinski definition) is 4. The quantitative estimate of drug-likeness (QED) is 0.670. The Bertz CT molecular complexity index is 559. The van der Waals surface area contributed by atoms with Crippen LogP contribution >= 0.6 is 11.6 Å². The Balaban J connectivity index is 2.27. The summed E-state index contributed by atoms with van der Waals surface area (Å²) in [6.45, 7) is 2.41. The van der Waals surface area contributed by atoms with Crippen LogP contribution in [0.2, 0.25) is 5.02 Å². The molecule has 1 heterocycles. The van der Waals surface area contributed by atoms with E-state index in [1.54, 1.807) is 6.92 Å². The molecule has 0 bridgehead atoms. The number of β-amino-alcohol motifs (C(OH)–C–C–N with tert-alkyl or cyclic N) is 1. The number of aliphatic hydroxyl groups is 1. The van der Waals surface area contributed by atoms with Crippen molar-refractivity contribution in [3.63, 3.8) is 0 Å². The molecule has 1 aliphatic heterocycles. The maximum absolute atomic E-state index is 12.3. The summed E-state index contributed by atoms with van der Waals surface area (Å²) in [5.41, 5.74) is -0.968. The van der Waals surface area contributed by atoms with Crippen molar-refractivity contribution in [1.29, 1.82) is 0 Å². The lowest BCUT2D eigenvalue weighted by Crippen LogP contribution is -2.48. The van der Waals surface area contributed by atoms with Crippen LogP contribution in [0.1, 0.15) is 30.1 Å². The minimum Gasteiger partial charge on any atom is -0.388 e. The molecule has 0 spiro atoms. The number of rotatable bonds is 2. The van der Waals surface area contributed by atoms with Crippen molar-refractivity contribution < 1.29 is 14.8 Å². The van der Waals surface area contributed by atoms with Gasteiger partial charge in [0.15, 0.2) is 0 Å². The molecule has 1 N–H and O–H groups in total. The third-order valence-electron chi connectivity index (χ3n) is 3.30. The second kappa shape index (κ2) is 5.38. The molecule has 1 amide bonds. The third-order valence-corrected chi connectivity index (χ3v) is 3.52. The first-order valence-electron chi connectivity index (χ1n) is 6.25. The fourth-order valence-corrected chi connectivity index (χ4v) is 2.61. The van der Waals surface area contributed by atoms with Crippen LogP contribution < -0.4 is 0 Å². The smallest absolute Gasteiger partial charge is 0.271 e. The molecule has 108 valence electrons. The van der Waals surface area contributed by atoms with Gasteiger partial charge in [0.2, 0.25) is 0 Å². The van der Waals surface area contributed by atoms with E-state index in [-0.39, 0.29) is 28.7 Å². The number of nitrogens with zero attached hydrogens (tertiary/aromatic N) is 2. The van der Waals surface area contributed by atoms with Gasteiger partial charge in [-0.1, -0.05) is 11.6 Å². The number of carbonyl (C=O) groups is 1. The number of hydrogen-bond donors (Lipinski definition) is 1. The predicted molar refractivity (Wildman–Crippen MR) is 73.9 cm³/mol. The van der Waals surface area contributed by atoms with Gasteiger partial charge in [0.05, 0.1) is 10.5 Å². The van der Waals surface area contributed by atoms with Gasteiger partial charge in [0.1, 0.15) is 0 Å². The van der Waals surface area contributed by atoms with Crippen LogP contribution in [0.25, 0.3) is 0 Å². The molecule has 20 heavy (non-hydrogen) atoms. The molecule has 1 aromatic carbocycles. The van der Waals surface area contributed by atoms with Crippen LogP contribution in [0.3, 0.4) is 0 Å². The second-order valence-electron chi connectivity index (χ2n) is 5.28. The van der Waals surface area contributed by atoms with E-state index >= 15 is 0 Å². The number of carbonyl (C=O) groups excluding carboxylic acids is 1. The minimum atomic E-state index is -0.918. The first-order chi connectivity index (χ1) is 9.28. The SMILES string of the molecule is CC1(O)CCCN(C(=O)c2cc(Cl)cc([N+](=O)[O-])c2)C1. The van der Waals surface area contributed by atoms with Gasteiger partial charge in [-0.05, 0) is 25.8 Å². The zero-order valence-corrected chi connectivity index (χ0v) is 11.8. The molecular weight excluding hydrogens is 284 g/mol. The lowest BCUT2D eigenvalue weighted by atomic mass is 9.94. The Morgan fingerprint density at radius 3 is 2.80 bits per heavy atom. The van der Waals surface area contributed by atoms with Gasteiger partial charge in [-0.15, -0.1) is 0 Å². The number of benzene rings is 1. The van der Waals surface area contributed by atoms with Crippen LogP contribution in [0.15, 0.2) is 18.2 Å². The number of nitro groups is 1. The van der Waals surface area contributed by atoms with Crippen LogP contribution in [-0.2, 0) is 0 Å². The van der Waals surface area contributed by atoms with E-state index < -0.39 is 10.5 Å². The number of nitro benzene ring substituents is 1. The molecular formula is C13H15ClN2O4. The Hall–Kier alpha value is -1.66. The maximum Gasteiger partial charge on any atom is 0.271 e. The van der Waals surface area contributed by atoms with Crippen LogP contribution in [0.4, 0.5) is 5.69 Å². The summed E-state index contributed by atoms with van der Waals surface area (Å²) in [5, 5.41) is 20.9. The van der Waals surface area contributed by atoms with Crippen molar-refractivity contribution in [2.24, 2.45) is 0 Å². The summed E-state index contributed by atoms with van der Waals surface area (Å²) < 4.78 is 0. The van der Waals surface area contributed by atoms with Gasteiger partial charge < -0.3 is 10.0 Å². The normalized spacial score (nSPS) is 22.6. The molecule has 1 aromatic rings. The van der Waals surface area contributed by atoms with Crippen molar-refractivity contribution >= 4 is 23.2 Å². The fraction of sp³-hybridized carbons (Fsp3) is 0.462. The van der Waals surface area contributed by atoms with Gasteiger partial charge in [0, 0.05) is 35.8 Å². The van der Waals surface area contributed by atoms with Gasteiger partial charge in [0.25, 0.3) is 11.6 Å². The van der Waals surface area contributed by atoms with E-state index in [1.807, 2.05) is 0 Å². The summed E-state index contributed by atoms with van der Waals surface area (Å²) in [7, 11) is 0. The standard InChI is InChI=1S/C13H15ClN2O4/c1-13(18)3-2-4-15(8-13)12(17)9-5-10(14)7-11(6-9)16(19)20/h5-7,18H,2-4,8H2,1H3. The maximum atomic E-state index is 12.3. The third kappa shape index (κ3) is 3.26. The summed E-state index contributed by atoms with van der Waals surface area (Å²) in [5.74, 6) is -0.351. The van der Waals surface area contributed by atoms with Crippen molar-refractivity contribution in [2.45, 2.75) is 25.4 Å². The summed E-state index contributed by atoms with van der Waals surface area (Å²) in [4.78, 5) is 24.0. The Morgan fingerprint density at radius 2 is 2.20 bits per heavy atom. The first-order valence-corrected chi connectivity index (χ1v) is 6.63. The first kappa shape index (κ1) is 14.7. The molecule has 1 saturated heterocycles. The molecule has 0 aromatic heterocycles. The molecule has 0 saturated carbocycles. The molecule has 1 atom stereocenters. The highest BCUT2D eigenvalue weighted by molar-refractivity contribution is 6.31. The molecule has 2 rings (SSSR count). The van der Waals surface area contributed by atoms with E-state index in [4.69, 9.17) is 11.6 Å². The van der Waals surface area contributed by atoms with E-state index in [9.17, 15) is 20.0 Å². The van der Waals surface area contributed by atoms with Crippen molar-refractivity contribution in [2.75, 3.05) is 13.1 Å². The van der Waals surface area contributed by atoms with E-state index in [1.165, 1.54) is 23.1 Å². The van der Waals surface area contributed by atoms with Crippen molar-refractivity contribution in [3.8, 4) is 0 Å². The molecule has 6 nitrogen and oxygen atoms in total. The molecule has 7 heteroatoms. The summed E-state index contributed by atoms with van der Waals surface area (Å²) in [6, 6.07) is 3.81. The molecule has 0 radical (unpaired) electrons. The van der Waals surface area contributed by atoms with Crippen molar-refractivity contribution in [3.05, 3.63) is 38.9 Å². The summed E-state index contributed by atoms with van der Waals surface area (Å²) in [6.07, 6.45) is 1.33. The van der Waals surface area contributed by atoms with Crippen LogP contribution in [0.5, 0.6) is 0 Å². The highest BCUT2D eigenvalue weighted by Crippen LogP contribution is 2.25. The average molecular weight is 299 g/mol. The molecule has 1 fully saturated rings. The number of likely N-dealkylation sites (tertiary alicyclic amines) is 1. The fourth-order valence-electron chi connectivity index (χ4n) is 2.38. The predicted octanol–water partition coefficient (Wildman–Crippen LogP) is 2.24. The Morgan fingerprint density at radius 1 is 1.50 bits per heavy atom. The van der Waals surface area contributed by atoms with Gasteiger partial charge in [-0.25, -0.2) is 0 Å². The number of non-ortho nitro benzene ring substituents is 1. The van der Waals surface area contributed by atoms with E-state index in [0.717, 1.165) is 0 Å². The van der Waals surface area contributed by atoms with E-state index in [2.05, 4.69) is 0 Å². The number of halogens is 1. The van der Waals surface area contributed by atoms with Crippen LogP contribution in [-0.4, -0.2) is 39.5 Å². The van der Waals surface area contributed by atoms with Crippen molar-refractivity contribution in [1.82, 2.24) is 4.90 Å². The molecule has 1 aliphatic rings. The molecule has 1 unspecified atom stereocenters. The second-order valence-corrected chi connectivity index (χ2v) is 5.72. The molecule has 0 aliphatic carbocycles. The highest BCUT2D eigenvalue weighted by atomic mass is 35.5. The monoisotopic (exact) mass is 298 g/mol. The number of piperidine rings is 1. The summed E-state index contributed by atoms with van der Waals surface area (Å²) >= 11 is 5.81. The zero-order chi connectivity index (χ0) is 14.9. The van der Waals surface area contributed by atoms with E-state index in [0.29, 0.717) is 19.4 Å². The highest BCUT2D eigenvalue weighted by Gasteiger charge is 2.31. The zero-order valence-electron chi connectivity index (χ0n) is 11.0. The topological polar surface area (TPSA) is 83.7 Å². The lowest BCUT2D eigenvalue weighted by molar-refractivity contribution is -0.384. The van der Waals surface area contributed by atoms with Gasteiger partial charge >= 0.3 is 0 Å². The minimum absolute atomic E-state index is 0.145. The largest absolute Gasteiger partial charge is 0.388 e. The van der Waals surface area contributed by atoms with Gasteiger partial charge in [-0.2, -0.15) is 0 Å². The Labute approximate surface area is 121 Å². The van der Waals surface area contributed by atoms with Crippen LogP contribution in [0, 0.1) is 10.1 Å². The average Bonchev–Trinajstić information content (AvgIpc) is 2.35. The number of amides is 1. The lowest BCUT2D eigenvalue weighted by Gasteiger charge is -2.36. The van der Waals surface area contributed by atoms with Gasteiger partial charge in [-0.3, -0.25) is 14.9 Å².